The molecule has 35 heavy (non-hydrogen) atoms. The van der Waals surface area contributed by atoms with Gasteiger partial charge in [-0.3, -0.25) is 24.9 Å². The predicted octanol–water partition coefficient (Wildman–Crippen LogP) is 5.89. The van der Waals surface area contributed by atoms with Crippen LogP contribution in [0.1, 0.15) is 57.4 Å². The molecule has 0 unspecified atom stereocenters. The minimum Gasteiger partial charge on any atom is -0.265 e. The highest BCUT2D eigenvalue weighted by Gasteiger charge is 2.52. The highest BCUT2D eigenvalue weighted by molar-refractivity contribution is 5.47. The van der Waals surface area contributed by atoms with Gasteiger partial charge in [0.05, 0.1) is 0 Å². The summed E-state index contributed by atoms with van der Waals surface area (Å²) in [4.78, 5) is 21.7. The van der Waals surface area contributed by atoms with E-state index in [0.717, 1.165) is 0 Å². The molecule has 1 fully saturated rings. The van der Waals surface area contributed by atoms with E-state index in [2.05, 4.69) is 85.6 Å². The Balaban J connectivity index is 1.66. The lowest BCUT2D eigenvalue weighted by atomic mass is 9.75. The van der Waals surface area contributed by atoms with Gasteiger partial charge in [-0.15, -0.1) is 0 Å². The van der Waals surface area contributed by atoms with Crippen molar-refractivity contribution in [2.45, 2.75) is 29.6 Å². The van der Waals surface area contributed by atoms with Crippen LogP contribution in [0.25, 0.3) is 0 Å². The first kappa shape index (κ1) is 21.3. The van der Waals surface area contributed by atoms with Gasteiger partial charge in [0.1, 0.15) is 0 Å². The second kappa shape index (κ2) is 9.55. The van der Waals surface area contributed by atoms with Gasteiger partial charge >= 0.3 is 0 Å². The van der Waals surface area contributed by atoms with Gasteiger partial charge < -0.3 is 0 Å². The van der Waals surface area contributed by atoms with Crippen LogP contribution in [-0.4, -0.2) is 24.9 Å². The van der Waals surface area contributed by atoms with E-state index in [-0.39, 0.29) is 29.6 Å². The Kier molecular flexibility index (Phi) is 5.81. The number of aromatic nitrogens is 5. The molecule has 0 N–H and O–H groups in total. The van der Waals surface area contributed by atoms with Crippen LogP contribution in [-0.2, 0) is 0 Å². The molecule has 0 aliphatic heterocycles. The largest absolute Gasteiger partial charge is 0.265 e. The van der Waals surface area contributed by atoms with Crippen molar-refractivity contribution in [3.05, 3.63) is 150 Å². The normalized spacial score (nSPS) is 23.7. The molecule has 5 aromatic rings. The maximum Gasteiger partial charge on any atom is 0.0270 e. The third-order valence-electron chi connectivity index (χ3n) is 7.39. The lowest BCUT2D eigenvalue weighted by Crippen LogP contribution is -2.14. The summed E-state index contributed by atoms with van der Waals surface area (Å²) in [6.45, 7) is 0. The molecule has 0 radical (unpaired) electrons. The SMILES string of the molecule is c1cc(C2C(c3ccncc3)C(c3ccncc3)C(c3ccncc3)C2c2ccncc2)ccn1. The quantitative estimate of drug-likeness (QED) is 0.330. The van der Waals surface area contributed by atoms with Gasteiger partial charge in [0.25, 0.3) is 0 Å². The van der Waals surface area contributed by atoms with Gasteiger partial charge in [0.2, 0.25) is 0 Å². The number of rotatable bonds is 5. The maximum absolute atomic E-state index is 4.33. The molecule has 1 saturated carbocycles. The lowest BCUT2D eigenvalue weighted by molar-refractivity contribution is 0.552. The molecular formula is C30H25N5. The van der Waals surface area contributed by atoms with Gasteiger partial charge in [-0.1, -0.05) is 0 Å². The van der Waals surface area contributed by atoms with Crippen molar-refractivity contribution in [1.82, 2.24) is 24.9 Å². The van der Waals surface area contributed by atoms with E-state index in [4.69, 9.17) is 0 Å². The Morgan fingerprint density at radius 2 is 0.400 bits per heavy atom. The Bertz CT molecular complexity index is 1090. The molecular weight excluding hydrogens is 430 g/mol. The molecule has 1 aliphatic rings. The van der Waals surface area contributed by atoms with Crippen LogP contribution < -0.4 is 0 Å². The van der Waals surface area contributed by atoms with Crippen molar-refractivity contribution in [1.29, 1.82) is 0 Å². The Hall–Kier alpha value is -4.25. The average molecular weight is 456 g/mol. The van der Waals surface area contributed by atoms with E-state index in [0.29, 0.717) is 0 Å². The smallest absolute Gasteiger partial charge is 0.0270 e. The average Bonchev–Trinajstić information content (AvgIpc) is 3.32. The molecule has 0 spiro atoms. The molecule has 5 heteroatoms. The summed E-state index contributed by atoms with van der Waals surface area (Å²) in [7, 11) is 0. The van der Waals surface area contributed by atoms with Gasteiger partial charge in [-0.05, 0) is 118 Å². The Morgan fingerprint density at radius 1 is 0.257 bits per heavy atom. The van der Waals surface area contributed by atoms with Crippen LogP contribution >= 0.6 is 0 Å². The summed E-state index contributed by atoms with van der Waals surface area (Å²) < 4.78 is 0. The number of nitrogens with zero attached hydrogens (tertiary/aromatic N) is 5. The van der Waals surface area contributed by atoms with Crippen LogP contribution in [0.5, 0.6) is 0 Å². The standard InChI is InChI=1S/C30H25N5/c1-11-31-12-2-21(1)26-27(22-3-13-32-14-4-22)29(24-7-17-34-18-8-24)30(25-9-19-35-20-10-25)28(26)23-5-15-33-16-6-23/h1-20,26-30H. The van der Waals surface area contributed by atoms with Crippen LogP contribution in [0.15, 0.2) is 123 Å². The van der Waals surface area contributed by atoms with Gasteiger partial charge in [0.15, 0.2) is 0 Å². The van der Waals surface area contributed by atoms with Crippen LogP contribution in [0, 0.1) is 0 Å². The van der Waals surface area contributed by atoms with Crippen molar-refractivity contribution in [2.75, 3.05) is 0 Å². The minimum atomic E-state index is 0.221. The number of hydrogen-bond acceptors (Lipinski definition) is 5. The molecule has 1 aliphatic carbocycles. The zero-order valence-corrected chi connectivity index (χ0v) is 19.2. The molecule has 5 aromatic heterocycles. The van der Waals surface area contributed by atoms with Crippen molar-refractivity contribution < 1.29 is 0 Å². The second-order valence-corrected chi connectivity index (χ2v) is 9.03. The van der Waals surface area contributed by atoms with Crippen molar-refractivity contribution in [2.24, 2.45) is 0 Å². The first-order valence-corrected chi connectivity index (χ1v) is 11.9. The summed E-state index contributed by atoms with van der Waals surface area (Å²) in [5.74, 6) is 1.11. The highest BCUT2D eigenvalue weighted by Crippen LogP contribution is 2.66. The minimum absolute atomic E-state index is 0.221. The van der Waals surface area contributed by atoms with E-state index in [9.17, 15) is 0 Å². The number of pyridine rings is 5. The fourth-order valence-electron chi connectivity index (χ4n) is 6.12. The van der Waals surface area contributed by atoms with E-state index in [1.807, 2.05) is 62.0 Å². The molecule has 0 aromatic carbocycles. The predicted molar refractivity (Wildman–Crippen MR) is 135 cm³/mol. The van der Waals surface area contributed by atoms with E-state index >= 15 is 0 Å². The van der Waals surface area contributed by atoms with E-state index in [1.54, 1.807) is 0 Å². The second-order valence-electron chi connectivity index (χ2n) is 9.03. The molecule has 5 heterocycles. The Morgan fingerprint density at radius 3 is 0.543 bits per heavy atom. The highest BCUT2D eigenvalue weighted by atomic mass is 14.7. The van der Waals surface area contributed by atoms with Crippen molar-refractivity contribution in [3.63, 3.8) is 0 Å². The maximum atomic E-state index is 4.33. The van der Waals surface area contributed by atoms with Gasteiger partial charge in [0, 0.05) is 62.0 Å². The zero-order valence-electron chi connectivity index (χ0n) is 19.2. The summed E-state index contributed by atoms with van der Waals surface area (Å²) in [6.07, 6.45) is 19.1. The molecule has 0 bridgehead atoms. The van der Waals surface area contributed by atoms with E-state index in [1.165, 1.54) is 27.8 Å². The fourth-order valence-corrected chi connectivity index (χ4v) is 6.12. The third kappa shape index (κ3) is 3.99. The topological polar surface area (TPSA) is 64.5 Å². The molecule has 5 nitrogen and oxygen atoms in total. The van der Waals surface area contributed by atoms with Crippen LogP contribution in [0.4, 0.5) is 0 Å². The summed E-state index contributed by atoms with van der Waals surface area (Å²) in [5, 5.41) is 0. The lowest BCUT2D eigenvalue weighted by Gasteiger charge is -2.28. The monoisotopic (exact) mass is 455 g/mol. The van der Waals surface area contributed by atoms with Gasteiger partial charge in [-0.2, -0.15) is 0 Å². The molecule has 170 valence electrons. The first-order valence-electron chi connectivity index (χ1n) is 11.9. The molecule has 6 rings (SSSR count). The van der Waals surface area contributed by atoms with Crippen LogP contribution in [0.3, 0.4) is 0 Å². The van der Waals surface area contributed by atoms with E-state index < -0.39 is 0 Å². The zero-order chi connectivity index (χ0) is 23.5. The fraction of sp³-hybridized carbons (Fsp3) is 0.167. The van der Waals surface area contributed by atoms with Crippen LogP contribution in [0.2, 0.25) is 0 Å². The molecule has 0 atom stereocenters. The molecule has 0 saturated heterocycles. The summed E-state index contributed by atoms with van der Waals surface area (Å²) >= 11 is 0. The first-order chi connectivity index (χ1) is 17.4. The Labute approximate surface area is 205 Å². The molecule has 0 amide bonds. The number of hydrogen-bond donors (Lipinski definition) is 0. The third-order valence-corrected chi connectivity index (χ3v) is 7.39. The van der Waals surface area contributed by atoms with Crippen molar-refractivity contribution in [3.8, 4) is 0 Å². The van der Waals surface area contributed by atoms with Crippen molar-refractivity contribution >= 4 is 0 Å². The summed E-state index contributed by atoms with van der Waals surface area (Å²) in [6, 6.07) is 21.7. The van der Waals surface area contributed by atoms with Gasteiger partial charge in [-0.25, -0.2) is 0 Å². The summed E-state index contributed by atoms with van der Waals surface area (Å²) in [5.41, 5.74) is 6.45.